The lowest BCUT2D eigenvalue weighted by molar-refractivity contribution is 0.128. The lowest BCUT2D eigenvalue weighted by Crippen LogP contribution is -2.52. The maximum Gasteiger partial charge on any atom is 0.191 e. The normalized spacial score (nSPS) is 28.8. The lowest BCUT2D eigenvalue weighted by Gasteiger charge is -2.34. The molecule has 1 aromatic rings. The molecular formula is C22H36N4O2. The average molecular weight is 389 g/mol. The van der Waals surface area contributed by atoms with E-state index >= 15 is 0 Å². The van der Waals surface area contributed by atoms with E-state index in [4.69, 9.17) is 14.1 Å². The number of ether oxygens (including phenoxy) is 1. The van der Waals surface area contributed by atoms with E-state index in [2.05, 4.69) is 15.5 Å². The minimum absolute atomic E-state index is 0.507. The van der Waals surface area contributed by atoms with Crippen molar-refractivity contribution in [3.63, 3.8) is 0 Å². The monoisotopic (exact) mass is 388 g/mol. The average Bonchev–Trinajstić information content (AvgIpc) is 3.46. The van der Waals surface area contributed by atoms with Crippen LogP contribution in [0.4, 0.5) is 0 Å². The van der Waals surface area contributed by atoms with Gasteiger partial charge in [0.1, 0.15) is 5.76 Å². The first-order valence-corrected chi connectivity index (χ1v) is 11.1. The molecule has 3 fully saturated rings. The number of hydrogen-bond acceptors (Lipinski definition) is 4. The number of fused-ring (bicyclic) bond motifs is 2. The van der Waals surface area contributed by atoms with Gasteiger partial charge in [-0.15, -0.1) is 0 Å². The molecule has 6 heteroatoms. The zero-order chi connectivity index (χ0) is 19.2. The summed E-state index contributed by atoms with van der Waals surface area (Å²) in [4.78, 5) is 7.41. The molecule has 3 atom stereocenters. The van der Waals surface area contributed by atoms with Gasteiger partial charge in [-0.05, 0) is 56.1 Å². The van der Waals surface area contributed by atoms with E-state index in [0.717, 1.165) is 62.8 Å². The molecule has 3 aliphatic rings. The second kappa shape index (κ2) is 9.79. The van der Waals surface area contributed by atoms with E-state index in [-0.39, 0.29) is 0 Å². The third-order valence-corrected chi connectivity index (χ3v) is 6.81. The molecule has 0 radical (unpaired) electrons. The number of aliphatic imine (C=N–C) groups is 1. The van der Waals surface area contributed by atoms with Crippen molar-refractivity contribution in [1.82, 2.24) is 15.5 Å². The van der Waals surface area contributed by atoms with Crippen LogP contribution in [0.1, 0.15) is 44.3 Å². The topological polar surface area (TPSA) is 62.0 Å². The minimum Gasteiger partial charge on any atom is -0.469 e. The fourth-order valence-corrected chi connectivity index (χ4v) is 5.18. The van der Waals surface area contributed by atoms with Crippen LogP contribution in [0, 0.1) is 11.8 Å². The maximum absolute atomic E-state index is 5.46. The smallest absolute Gasteiger partial charge is 0.191 e. The summed E-state index contributed by atoms with van der Waals surface area (Å²) in [7, 11) is 1.78. The fraction of sp³-hybridized carbons (Fsp3) is 0.773. The Kier molecular flexibility index (Phi) is 6.91. The third kappa shape index (κ3) is 5.29. The van der Waals surface area contributed by atoms with Crippen molar-refractivity contribution in [3.8, 4) is 0 Å². The second-order valence-electron chi connectivity index (χ2n) is 8.74. The third-order valence-electron chi connectivity index (χ3n) is 6.81. The first-order chi connectivity index (χ1) is 13.8. The number of piperidine rings is 1. The Morgan fingerprint density at radius 1 is 1.21 bits per heavy atom. The molecule has 28 heavy (non-hydrogen) atoms. The summed E-state index contributed by atoms with van der Waals surface area (Å²) < 4.78 is 10.7. The Bertz CT molecular complexity index is 610. The van der Waals surface area contributed by atoms with E-state index in [1.54, 1.807) is 13.4 Å². The highest BCUT2D eigenvalue weighted by atomic mass is 16.5. The lowest BCUT2D eigenvalue weighted by atomic mass is 9.95. The van der Waals surface area contributed by atoms with Gasteiger partial charge in [0.05, 0.1) is 12.9 Å². The van der Waals surface area contributed by atoms with Gasteiger partial charge >= 0.3 is 0 Å². The van der Waals surface area contributed by atoms with E-state index in [9.17, 15) is 0 Å². The van der Waals surface area contributed by atoms with Gasteiger partial charge < -0.3 is 24.7 Å². The highest BCUT2D eigenvalue weighted by Gasteiger charge is 2.40. The Labute approximate surface area is 169 Å². The number of likely N-dealkylation sites (tertiary alicyclic amines) is 1. The van der Waals surface area contributed by atoms with E-state index < -0.39 is 0 Å². The first-order valence-electron chi connectivity index (χ1n) is 11.1. The van der Waals surface area contributed by atoms with Gasteiger partial charge in [-0.3, -0.25) is 4.99 Å². The molecule has 4 rings (SSSR count). The first kappa shape index (κ1) is 19.8. The molecule has 1 saturated heterocycles. The molecule has 0 amide bonds. The Morgan fingerprint density at radius 2 is 2.11 bits per heavy atom. The number of hydrogen-bond donors (Lipinski definition) is 2. The minimum atomic E-state index is 0.507. The molecule has 2 heterocycles. The van der Waals surface area contributed by atoms with Gasteiger partial charge in [-0.2, -0.15) is 0 Å². The predicted octanol–water partition coefficient (Wildman–Crippen LogP) is 2.66. The van der Waals surface area contributed by atoms with E-state index in [1.807, 2.05) is 12.1 Å². The number of methoxy groups -OCH3 is 1. The van der Waals surface area contributed by atoms with Crippen molar-refractivity contribution in [2.75, 3.05) is 39.9 Å². The van der Waals surface area contributed by atoms with Gasteiger partial charge in [0.15, 0.2) is 5.96 Å². The molecule has 1 aromatic heterocycles. The van der Waals surface area contributed by atoms with Crippen molar-refractivity contribution in [2.45, 2.75) is 57.0 Å². The molecule has 0 aromatic carbocycles. The van der Waals surface area contributed by atoms with Crippen LogP contribution in [0.15, 0.2) is 27.8 Å². The van der Waals surface area contributed by atoms with Crippen molar-refractivity contribution in [1.29, 1.82) is 0 Å². The van der Waals surface area contributed by atoms with Crippen molar-refractivity contribution in [3.05, 3.63) is 24.2 Å². The summed E-state index contributed by atoms with van der Waals surface area (Å²) in [5.74, 6) is 3.81. The van der Waals surface area contributed by atoms with Crippen LogP contribution < -0.4 is 10.6 Å². The summed E-state index contributed by atoms with van der Waals surface area (Å²) >= 11 is 0. The van der Waals surface area contributed by atoms with Crippen molar-refractivity contribution in [2.24, 2.45) is 16.8 Å². The molecule has 2 N–H and O–H groups in total. The number of nitrogens with one attached hydrogen (secondary N) is 2. The Hall–Kier alpha value is -1.53. The van der Waals surface area contributed by atoms with Crippen molar-refractivity contribution < 1.29 is 9.15 Å². The predicted molar refractivity (Wildman–Crippen MR) is 112 cm³/mol. The Morgan fingerprint density at radius 3 is 2.79 bits per heavy atom. The summed E-state index contributed by atoms with van der Waals surface area (Å²) in [5.41, 5.74) is 0. The zero-order valence-corrected chi connectivity index (χ0v) is 17.2. The van der Waals surface area contributed by atoms with Gasteiger partial charge in [0.2, 0.25) is 0 Å². The van der Waals surface area contributed by atoms with Crippen LogP contribution in [0.25, 0.3) is 0 Å². The quantitative estimate of drug-likeness (QED) is 0.530. The molecule has 1 aliphatic heterocycles. The van der Waals surface area contributed by atoms with Crippen LogP contribution in [0.2, 0.25) is 0 Å². The highest BCUT2D eigenvalue weighted by molar-refractivity contribution is 5.80. The maximum atomic E-state index is 5.46. The van der Waals surface area contributed by atoms with Gasteiger partial charge in [0.25, 0.3) is 0 Å². The molecule has 6 nitrogen and oxygen atoms in total. The summed E-state index contributed by atoms with van der Waals surface area (Å²) in [6.07, 6.45) is 10.5. The summed E-state index contributed by atoms with van der Waals surface area (Å²) in [6, 6.07) is 5.09. The van der Waals surface area contributed by atoms with Crippen molar-refractivity contribution >= 4 is 5.96 Å². The summed E-state index contributed by atoms with van der Waals surface area (Å²) in [6.45, 7) is 4.89. The van der Waals surface area contributed by atoms with Gasteiger partial charge in [-0.1, -0.05) is 6.42 Å². The molecule has 3 unspecified atom stereocenters. The molecular weight excluding hydrogens is 352 g/mol. The number of rotatable bonds is 8. The molecule has 2 aliphatic carbocycles. The van der Waals surface area contributed by atoms with Crippen LogP contribution >= 0.6 is 0 Å². The number of nitrogens with zero attached hydrogens (tertiary/aromatic N) is 2. The van der Waals surface area contributed by atoms with Gasteiger partial charge in [0, 0.05) is 51.8 Å². The molecule has 0 spiro atoms. The number of guanidine groups is 1. The second-order valence-corrected chi connectivity index (χ2v) is 8.74. The molecule has 156 valence electrons. The fourth-order valence-electron chi connectivity index (χ4n) is 5.18. The highest BCUT2D eigenvalue weighted by Crippen LogP contribution is 2.44. The van der Waals surface area contributed by atoms with Crippen LogP contribution in [0.5, 0.6) is 0 Å². The molecule has 2 bridgehead atoms. The van der Waals surface area contributed by atoms with Crippen LogP contribution in [-0.2, 0) is 11.2 Å². The summed E-state index contributed by atoms with van der Waals surface area (Å²) in [5, 5.41) is 7.54. The van der Waals surface area contributed by atoms with Crippen LogP contribution in [-0.4, -0.2) is 62.8 Å². The SMILES string of the molecule is COCCN1CCC(NC(=NCCc2ccco2)NC2CC3CCC2C3)CC1. The van der Waals surface area contributed by atoms with E-state index in [1.165, 1.54) is 38.5 Å². The largest absolute Gasteiger partial charge is 0.469 e. The Balaban J connectivity index is 1.30. The standard InChI is InChI=1S/C22H36N4O2/c1-27-14-12-26-10-7-19(8-11-26)24-22(23-9-6-20-3-2-13-28-20)25-21-16-17-4-5-18(21)15-17/h2-3,13,17-19,21H,4-12,14-16H2,1H3,(H2,23,24,25). The molecule has 2 saturated carbocycles. The van der Waals surface area contributed by atoms with Crippen LogP contribution in [0.3, 0.4) is 0 Å². The van der Waals surface area contributed by atoms with E-state index in [0.29, 0.717) is 12.1 Å². The number of furan rings is 1. The zero-order valence-electron chi connectivity index (χ0n) is 17.2. The van der Waals surface area contributed by atoms with Gasteiger partial charge in [-0.25, -0.2) is 0 Å².